The minimum atomic E-state index is -0.259. The van der Waals surface area contributed by atoms with Crippen molar-refractivity contribution in [2.24, 2.45) is 0 Å². The average Bonchev–Trinajstić information content (AvgIpc) is 2.36. The van der Waals surface area contributed by atoms with Crippen molar-refractivity contribution in [1.82, 2.24) is 0 Å². The van der Waals surface area contributed by atoms with E-state index >= 15 is 0 Å². The van der Waals surface area contributed by atoms with E-state index in [1.165, 1.54) is 0 Å². The first kappa shape index (κ1) is 14.3. The SMILES string of the molecule is Cc1ccc(NC(=O)Nc2ccc(I)cc2Br)cc1. The van der Waals surface area contributed by atoms with Crippen LogP contribution in [0.25, 0.3) is 0 Å². The fourth-order valence-corrected chi connectivity index (χ4v) is 2.91. The Bertz CT molecular complexity index is 599. The smallest absolute Gasteiger partial charge is 0.308 e. The largest absolute Gasteiger partial charge is 0.323 e. The van der Waals surface area contributed by atoms with Crippen LogP contribution in [0.2, 0.25) is 0 Å². The molecule has 2 rings (SSSR count). The Labute approximate surface area is 134 Å². The summed E-state index contributed by atoms with van der Waals surface area (Å²) in [4.78, 5) is 11.9. The number of aryl methyl sites for hydroxylation is 1. The van der Waals surface area contributed by atoms with Crippen LogP contribution in [-0.4, -0.2) is 6.03 Å². The standard InChI is InChI=1S/C14H12BrIN2O/c1-9-2-5-11(6-3-9)17-14(19)18-13-7-4-10(16)8-12(13)15/h2-8H,1H3,(H2,17,18,19). The summed E-state index contributed by atoms with van der Waals surface area (Å²) in [7, 11) is 0. The molecule has 0 spiro atoms. The van der Waals surface area contributed by atoms with Gasteiger partial charge in [0, 0.05) is 13.7 Å². The van der Waals surface area contributed by atoms with Gasteiger partial charge >= 0.3 is 6.03 Å². The lowest BCUT2D eigenvalue weighted by Gasteiger charge is -2.09. The highest BCUT2D eigenvalue weighted by Gasteiger charge is 2.05. The normalized spacial score (nSPS) is 10.1. The molecule has 0 heterocycles. The molecule has 2 amide bonds. The third-order valence-corrected chi connectivity index (χ3v) is 3.82. The number of rotatable bonds is 2. The summed E-state index contributed by atoms with van der Waals surface area (Å²) in [6.45, 7) is 2.01. The molecule has 2 aromatic carbocycles. The van der Waals surface area contributed by atoms with E-state index in [4.69, 9.17) is 0 Å². The first-order valence-electron chi connectivity index (χ1n) is 5.64. The summed E-state index contributed by atoms with van der Waals surface area (Å²) < 4.78 is 1.97. The Kier molecular flexibility index (Phi) is 4.81. The second kappa shape index (κ2) is 6.38. The topological polar surface area (TPSA) is 41.1 Å². The van der Waals surface area contributed by atoms with Crippen LogP contribution in [0.5, 0.6) is 0 Å². The van der Waals surface area contributed by atoms with E-state index in [0.29, 0.717) is 0 Å². The lowest BCUT2D eigenvalue weighted by Crippen LogP contribution is -2.19. The van der Waals surface area contributed by atoms with Crippen LogP contribution in [-0.2, 0) is 0 Å². The van der Waals surface area contributed by atoms with Gasteiger partial charge in [-0.15, -0.1) is 0 Å². The second-order valence-corrected chi connectivity index (χ2v) is 6.17. The molecular weight excluding hydrogens is 419 g/mol. The summed E-state index contributed by atoms with van der Waals surface area (Å²) in [5, 5.41) is 5.59. The summed E-state index contributed by atoms with van der Waals surface area (Å²) in [6.07, 6.45) is 0. The molecule has 0 radical (unpaired) electrons. The van der Waals surface area contributed by atoms with Crippen molar-refractivity contribution in [1.29, 1.82) is 0 Å². The van der Waals surface area contributed by atoms with E-state index in [2.05, 4.69) is 49.2 Å². The van der Waals surface area contributed by atoms with E-state index < -0.39 is 0 Å². The fraction of sp³-hybridized carbons (Fsp3) is 0.0714. The highest BCUT2D eigenvalue weighted by molar-refractivity contribution is 14.1. The zero-order valence-corrected chi connectivity index (χ0v) is 13.9. The molecule has 0 saturated heterocycles. The maximum atomic E-state index is 11.9. The number of anilines is 2. The van der Waals surface area contributed by atoms with Crippen LogP contribution < -0.4 is 10.6 Å². The summed E-state index contributed by atoms with van der Waals surface area (Å²) in [5.41, 5.74) is 2.67. The van der Waals surface area contributed by atoms with Gasteiger partial charge in [-0.05, 0) is 75.8 Å². The maximum absolute atomic E-state index is 11.9. The molecule has 0 aromatic heterocycles. The molecule has 0 aliphatic carbocycles. The zero-order valence-electron chi connectivity index (χ0n) is 10.2. The van der Waals surface area contributed by atoms with Crippen LogP contribution in [0.15, 0.2) is 46.9 Å². The average molecular weight is 431 g/mol. The fourth-order valence-electron chi connectivity index (χ4n) is 1.51. The highest BCUT2D eigenvalue weighted by Crippen LogP contribution is 2.24. The van der Waals surface area contributed by atoms with Crippen molar-refractivity contribution in [3.05, 3.63) is 56.1 Å². The Hall–Kier alpha value is -1.08. The Morgan fingerprint density at radius 1 is 1.11 bits per heavy atom. The summed E-state index contributed by atoms with van der Waals surface area (Å²) in [5.74, 6) is 0. The van der Waals surface area contributed by atoms with Crippen molar-refractivity contribution >= 4 is 55.9 Å². The van der Waals surface area contributed by atoms with Gasteiger partial charge < -0.3 is 10.6 Å². The van der Waals surface area contributed by atoms with Gasteiger partial charge in [0.25, 0.3) is 0 Å². The number of carbonyl (C=O) groups is 1. The van der Waals surface area contributed by atoms with Crippen LogP contribution in [0.3, 0.4) is 0 Å². The van der Waals surface area contributed by atoms with Crippen molar-refractivity contribution in [3.63, 3.8) is 0 Å². The molecule has 0 aliphatic heterocycles. The molecule has 0 unspecified atom stereocenters. The Morgan fingerprint density at radius 2 is 1.79 bits per heavy atom. The third-order valence-electron chi connectivity index (χ3n) is 2.49. The number of benzene rings is 2. The second-order valence-electron chi connectivity index (χ2n) is 4.07. The van der Waals surface area contributed by atoms with E-state index in [0.717, 1.165) is 25.0 Å². The van der Waals surface area contributed by atoms with Gasteiger partial charge in [0.05, 0.1) is 5.69 Å². The number of halogens is 2. The molecule has 2 aromatic rings. The van der Waals surface area contributed by atoms with Gasteiger partial charge in [0.2, 0.25) is 0 Å². The molecular formula is C14H12BrIN2O. The number of hydrogen-bond donors (Lipinski definition) is 2. The molecule has 5 heteroatoms. The van der Waals surface area contributed by atoms with Gasteiger partial charge in [0.1, 0.15) is 0 Å². The van der Waals surface area contributed by atoms with Crippen LogP contribution >= 0.6 is 38.5 Å². The number of amides is 2. The van der Waals surface area contributed by atoms with Gasteiger partial charge in [-0.25, -0.2) is 4.79 Å². The highest BCUT2D eigenvalue weighted by atomic mass is 127. The van der Waals surface area contributed by atoms with Crippen molar-refractivity contribution in [2.45, 2.75) is 6.92 Å². The minimum Gasteiger partial charge on any atom is -0.308 e. The number of nitrogens with one attached hydrogen (secondary N) is 2. The lowest BCUT2D eigenvalue weighted by molar-refractivity contribution is 0.262. The van der Waals surface area contributed by atoms with Gasteiger partial charge in [0.15, 0.2) is 0 Å². The molecule has 0 bridgehead atoms. The molecule has 98 valence electrons. The summed E-state index contributed by atoms with van der Waals surface area (Å²) >= 11 is 5.64. The quantitative estimate of drug-likeness (QED) is 0.646. The molecule has 0 fully saturated rings. The van der Waals surface area contributed by atoms with Gasteiger partial charge in [-0.2, -0.15) is 0 Å². The van der Waals surface area contributed by atoms with Gasteiger partial charge in [-0.3, -0.25) is 0 Å². The third kappa shape index (κ3) is 4.21. The number of hydrogen-bond acceptors (Lipinski definition) is 1. The summed E-state index contributed by atoms with van der Waals surface area (Å²) in [6, 6.07) is 13.1. The van der Waals surface area contributed by atoms with E-state index in [1.807, 2.05) is 49.4 Å². The number of carbonyl (C=O) groups excluding carboxylic acids is 1. The van der Waals surface area contributed by atoms with E-state index in [-0.39, 0.29) is 6.03 Å². The first-order chi connectivity index (χ1) is 9.04. The van der Waals surface area contributed by atoms with Crippen molar-refractivity contribution in [3.8, 4) is 0 Å². The maximum Gasteiger partial charge on any atom is 0.323 e. The monoisotopic (exact) mass is 430 g/mol. The van der Waals surface area contributed by atoms with E-state index in [1.54, 1.807) is 0 Å². The molecule has 0 saturated carbocycles. The first-order valence-corrected chi connectivity index (χ1v) is 7.51. The predicted octanol–water partition coefficient (Wildman–Crippen LogP) is 5.01. The Morgan fingerprint density at radius 3 is 2.42 bits per heavy atom. The number of urea groups is 1. The molecule has 3 nitrogen and oxygen atoms in total. The minimum absolute atomic E-state index is 0.259. The zero-order chi connectivity index (χ0) is 13.8. The van der Waals surface area contributed by atoms with Crippen LogP contribution in [0, 0.1) is 10.5 Å². The molecule has 19 heavy (non-hydrogen) atoms. The molecule has 2 N–H and O–H groups in total. The van der Waals surface area contributed by atoms with E-state index in [9.17, 15) is 4.79 Å². The van der Waals surface area contributed by atoms with Gasteiger partial charge in [-0.1, -0.05) is 17.7 Å². The molecule has 0 atom stereocenters. The van der Waals surface area contributed by atoms with Crippen LogP contribution in [0.4, 0.5) is 16.2 Å². The molecule has 0 aliphatic rings. The Balaban J connectivity index is 2.03. The van der Waals surface area contributed by atoms with Crippen molar-refractivity contribution < 1.29 is 4.79 Å². The lowest BCUT2D eigenvalue weighted by atomic mass is 10.2. The van der Waals surface area contributed by atoms with Crippen molar-refractivity contribution in [2.75, 3.05) is 10.6 Å². The predicted molar refractivity (Wildman–Crippen MR) is 90.7 cm³/mol. The van der Waals surface area contributed by atoms with Crippen LogP contribution in [0.1, 0.15) is 5.56 Å².